The summed E-state index contributed by atoms with van der Waals surface area (Å²) in [6, 6.07) is 16.5. The summed E-state index contributed by atoms with van der Waals surface area (Å²) < 4.78 is 6.34. The minimum atomic E-state index is -0.558. The van der Waals surface area contributed by atoms with Crippen LogP contribution in [0.3, 0.4) is 0 Å². The Balaban J connectivity index is 1.79. The number of rotatable bonds is 10. The molecule has 3 nitrogen and oxygen atoms in total. The maximum Gasteiger partial charge on any atom is 0.126 e. The predicted molar refractivity (Wildman–Crippen MR) is 117 cm³/mol. The topological polar surface area (TPSA) is 49.7 Å². The highest BCUT2D eigenvalue weighted by atomic mass is 32.1. The number of hydrogen-bond acceptors (Lipinski definition) is 4. The maximum absolute atomic E-state index is 10.5. The van der Waals surface area contributed by atoms with Crippen molar-refractivity contribution in [1.82, 2.24) is 0 Å². The number of aliphatic hydroxyl groups excluding tert-OH is 2. The van der Waals surface area contributed by atoms with Crippen LogP contribution >= 0.6 is 12.2 Å². The Hall–Kier alpha value is -1.75. The molecular weight excluding hydrogens is 368 g/mol. The second-order valence-corrected chi connectivity index (χ2v) is 8.24. The van der Waals surface area contributed by atoms with E-state index < -0.39 is 6.10 Å². The van der Waals surface area contributed by atoms with Crippen LogP contribution in [-0.4, -0.2) is 27.8 Å². The van der Waals surface area contributed by atoms with Crippen LogP contribution in [0.15, 0.2) is 48.5 Å². The first-order chi connectivity index (χ1) is 13.7. The zero-order valence-corrected chi connectivity index (χ0v) is 17.2. The van der Waals surface area contributed by atoms with E-state index in [2.05, 4.69) is 30.3 Å². The van der Waals surface area contributed by atoms with Gasteiger partial charge in [0.25, 0.3) is 0 Å². The van der Waals surface area contributed by atoms with Crippen molar-refractivity contribution in [2.45, 2.75) is 63.6 Å². The Labute approximate surface area is 173 Å². The molecule has 0 aliphatic heterocycles. The lowest BCUT2D eigenvalue weighted by atomic mass is 9.92. The number of aliphatic hydroxyl groups is 2. The van der Waals surface area contributed by atoms with Gasteiger partial charge in [0.05, 0.1) is 6.10 Å². The zero-order chi connectivity index (χ0) is 19.8. The summed E-state index contributed by atoms with van der Waals surface area (Å²) in [6.45, 7) is 0.560. The molecule has 0 spiro atoms. The van der Waals surface area contributed by atoms with Gasteiger partial charge in [-0.3, -0.25) is 0 Å². The molecule has 1 unspecified atom stereocenters. The van der Waals surface area contributed by atoms with Gasteiger partial charge >= 0.3 is 0 Å². The van der Waals surface area contributed by atoms with Crippen LogP contribution in [0.1, 0.15) is 61.1 Å². The predicted octanol–water partition coefficient (Wildman–Crippen LogP) is 4.97. The monoisotopic (exact) mass is 398 g/mol. The van der Waals surface area contributed by atoms with Gasteiger partial charge in [-0.2, -0.15) is 0 Å². The van der Waals surface area contributed by atoms with Gasteiger partial charge in [-0.1, -0.05) is 73.6 Å². The van der Waals surface area contributed by atoms with Crippen LogP contribution in [0.5, 0.6) is 5.75 Å². The number of benzene rings is 2. The molecule has 0 amide bonds. The Bertz CT molecular complexity index is 754. The summed E-state index contributed by atoms with van der Waals surface area (Å²) in [6.07, 6.45) is 5.79. The van der Waals surface area contributed by atoms with Crippen LogP contribution in [0.4, 0.5) is 0 Å². The van der Waals surface area contributed by atoms with Gasteiger partial charge in [0.15, 0.2) is 0 Å². The Kier molecular flexibility index (Phi) is 8.01. The van der Waals surface area contributed by atoms with Crippen molar-refractivity contribution in [2.24, 2.45) is 0 Å². The highest BCUT2D eigenvalue weighted by Gasteiger charge is 2.23. The first-order valence-electron chi connectivity index (χ1n) is 10.3. The molecule has 1 aliphatic carbocycles. The molecule has 1 atom stereocenters. The highest BCUT2D eigenvalue weighted by Crippen LogP contribution is 2.41. The normalized spacial score (nSPS) is 15.5. The molecule has 28 heavy (non-hydrogen) atoms. The third-order valence-corrected chi connectivity index (χ3v) is 5.83. The largest absolute Gasteiger partial charge is 0.488 e. The molecule has 2 aromatic carbocycles. The second kappa shape index (κ2) is 10.7. The molecule has 1 saturated carbocycles. The molecular formula is C24H30O3S. The lowest BCUT2D eigenvalue weighted by Crippen LogP contribution is -2.17. The number of para-hydroxylation sites is 1. The molecule has 1 aliphatic rings. The maximum atomic E-state index is 10.5. The Morgan fingerprint density at radius 1 is 1.07 bits per heavy atom. The number of thiocarbonyl (C=S) groups is 1. The summed E-state index contributed by atoms with van der Waals surface area (Å²) >= 11 is 5.26. The summed E-state index contributed by atoms with van der Waals surface area (Å²) in [5.41, 5.74) is 3.45. The lowest BCUT2D eigenvalue weighted by Gasteiger charge is -2.21. The Morgan fingerprint density at radius 3 is 2.54 bits per heavy atom. The summed E-state index contributed by atoms with van der Waals surface area (Å²) in [5.74, 6) is 1.48. The second-order valence-electron chi connectivity index (χ2n) is 7.67. The van der Waals surface area contributed by atoms with Crippen molar-refractivity contribution in [3.63, 3.8) is 0 Å². The molecule has 3 rings (SSSR count). The minimum Gasteiger partial charge on any atom is -0.488 e. The average Bonchev–Trinajstić information content (AvgIpc) is 3.22. The standard InChI is InChI=1S/C24H30O3S/c25-14-13-22(28)16-21(26)15-20-11-6-12-23(19-9-4-5-10-19)24(20)27-17-18-7-2-1-3-8-18/h1-3,6-8,11-12,19,21,25-26H,4-5,9-10,13-17H2. The minimum absolute atomic E-state index is 0.0359. The van der Waals surface area contributed by atoms with E-state index in [1.54, 1.807) is 0 Å². The van der Waals surface area contributed by atoms with Crippen LogP contribution in [0.25, 0.3) is 0 Å². The van der Waals surface area contributed by atoms with Crippen LogP contribution in [-0.2, 0) is 13.0 Å². The van der Waals surface area contributed by atoms with Gasteiger partial charge in [-0.15, -0.1) is 0 Å². The molecule has 150 valence electrons. The van der Waals surface area contributed by atoms with Crippen molar-refractivity contribution in [1.29, 1.82) is 0 Å². The smallest absolute Gasteiger partial charge is 0.126 e. The van der Waals surface area contributed by atoms with E-state index in [0.29, 0.717) is 36.7 Å². The molecule has 0 radical (unpaired) electrons. The first-order valence-corrected chi connectivity index (χ1v) is 10.7. The average molecular weight is 399 g/mol. The first kappa shape index (κ1) is 21.0. The molecule has 4 heteroatoms. The molecule has 0 aromatic heterocycles. The molecule has 2 N–H and O–H groups in total. The number of hydrogen-bond donors (Lipinski definition) is 2. The van der Waals surface area contributed by atoms with Gasteiger partial charge in [0.1, 0.15) is 12.4 Å². The van der Waals surface area contributed by atoms with Crippen molar-refractivity contribution < 1.29 is 14.9 Å². The quantitative estimate of drug-likeness (QED) is 0.555. The van der Waals surface area contributed by atoms with Gasteiger partial charge in [-0.05, 0) is 40.3 Å². The van der Waals surface area contributed by atoms with Gasteiger partial charge in [0, 0.05) is 25.9 Å². The van der Waals surface area contributed by atoms with Crippen molar-refractivity contribution in [3.05, 3.63) is 65.2 Å². The van der Waals surface area contributed by atoms with Gasteiger partial charge < -0.3 is 14.9 Å². The van der Waals surface area contributed by atoms with Crippen LogP contribution < -0.4 is 4.74 Å². The van der Waals surface area contributed by atoms with E-state index in [1.807, 2.05) is 18.2 Å². The zero-order valence-electron chi connectivity index (χ0n) is 16.3. The summed E-state index contributed by atoms with van der Waals surface area (Å²) in [5, 5.41) is 19.6. The van der Waals surface area contributed by atoms with Crippen LogP contribution in [0.2, 0.25) is 0 Å². The third-order valence-electron chi connectivity index (χ3n) is 5.46. The fourth-order valence-corrected chi connectivity index (χ4v) is 4.33. The third kappa shape index (κ3) is 5.87. The van der Waals surface area contributed by atoms with Gasteiger partial charge in [-0.25, -0.2) is 0 Å². The SMILES string of the molecule is OCCC(=S)CC(O)Cc1cccc(C2CCCC2)c1OCc1ccccc1. The number of ether oxygens (including phenoxy) is 1. The molecule has 2 aromatic rings. The van der Waals surface area contributed by atoms with Crippen molar-refractivity contribution in [3.8, 4) is 5.75 Å². The van der Waals surface area contributed by atoms with E-state index in [9.17, 15) is 5.11 Å². The highest BCUT2D eigenvalue weighted by molar-refractivity contribution is 7.80. The fraction of sp³-hybridized carbons (Fsp3) is 0.458. The molecule has 1 fully saturated rings. The Morgan fingerprint density at radius 2 is 1.82 bits per heavy atom. The molecule has 0 heterocycles. The fourth-order valence-electron chi connectivity index (χ4n) is 4.05. The summed E-state index contributed by atoms with van der Waals surface area (Å²) in [4.78, 5) is 0.716. The van der Waals surface area contributed by atoms with Crippen molar-refractivity contribution >= 4 is 17.1 Å². The lowest BCUT2D eigenvalue weighted by molar-refractivity contribution is 0.180. The van der Waals surface area contributed by atoms with E-state index in [0.717, 1.165) is 16.9 Å². The van der Waals surface area contributed by atoms with Crippen LogP contribution in [0, 0.1) is 0 Å². The van der Waals surface area contributed by atoms with E-state index in [4.69, 9.17) is 22.1 Å². The van der Waals surface area contributed by atoms with Gasteiger partial charge in [0.2, 0.25) is 0 Å². The van der Waals surface area contributed by atoms with Crippen molar-refractivity contribution in [2.75, 3.05) is 6.61 Å². The molecule has 0 saturated heterocycles. The van der Waals surface area contributed by atoms with E-state index in [-0.39, 0.29) is 6.61 Å². The van der Waals surface area contributed by atoms with E-state index >= 15 is 0 Å². The summed E-state index contributed by atoms with van der Waals surface area (Å²) in [7, 11) is 0. The van der Waals surface area contributed by atoms with E-state index in [1.165, 1.54) is 31.2 Å². The molecule has 0 bridgehead atoms.